The minimum atomic E-state index is 0.608. The van der Waals surface area contributed by atoms with E-state index in [4.69, 9.17) is 5.73 Å². The summed E-state index contributed by atoms with van der Waals surface area (Å²) in [5.41, 5.74) is 9.64. The molecular weight excluding hydrogens is 192 g/mol. The van der Waals surface area contributed by atoms with Crippen LogP contribution in [0, 0.1) is 0 Å². The van der Waals surface area contributed by atoms with Crippen LogP contribution in [0.4, 0.5) is 0 Å². The Morgan fingerprint density at radius 3 is 2.93 bits per heavy atom. The Morgan fingerprint density at radius 1 is 1.43 bits per heavy atom. The summed E-state index contributed by atoms with van der Waals surface area (Å²) in [6.07, 6.45) is 6.99. The largest absolute Gasteiger partial charge is 0.326 e. The maximum atomic E-state index is 5.71. The second-order valence-electron chi connectivity index (χ2n) is 3.67. The van der Waals surface area contributed by atoms with Gasteiger partial charge in [-0.15, -0.1) is 11.8 Å². The van der Waals surface area contributed by atoms with Gasteiger partial charge in [0.2, 0.25) is 0 Å². The number of nitrogens with two attached hydrogens (primary N) is 1. The van der Waals surface area contributed by atoms with Gasteiger partial charge in [0.05, 0.1) is 0 Å². The zero-order valence-corrected chi connectivity index (χ0v) is 9.36. The minimum absolute atomic E-state index is 0.608. The summed E-state index contributed by atoms with van der Waals surface area (Å²) >= 11 is 1.70. The molecule has 1 aliphatic carbocycles. The number of hydrogen-bond acceptors (Lipinski definition) is 3. The number of fused-ring (bicyclic) bond motifs is 1. The number of thioether (sulfide) groups is 1. The van der Waals surface area contributed by atoms with Crippen LogP contribution in [0.3, 0.4) is 0 Å². The molecule has 0 radical (unpaired) electrons. The molecule has 0 saturated carbocycles. The molecule has 3 heteroatoms. The molecule has 2 nitrogen and oxygen atoms in total. The fourth-order valence-electron chi connectivity index (χ4n) is 1.99. The first-order chi connectivity index (χ1) is 6.85. The van der Waals surface area contributed by atoms with Crippen molar-refractivity contribution in [2.24, 2.45) is 5.73 Å². The highest BCUT2D eigenvalue weighted by Crippen LogP contribution is 2.25. The van der Waals surface area contributed by atoms with Crippen molar-refractivity contribution in [3.05, 3.63) is 22.9 Å². The Balaban J connectivity index is 2.43. The summed E-state index contributed by atoms with van der Waals surface area (Å²) in [4.78, 5) is 4.69. The molecule has 14 heavy (non-hydrogen) atoms. The van der Waals surface area contributed by atoms with Crippen molar-refractivity contribution in [3.63, 3.8) is 0 Å². The molecule has 1 heterocycles. The Kier molecular flexibility index (Phi) is 3.08. The molecule has 0 saturated heterocycles. The molecule has 0 fully saturated rings. The SMILES string of the molecule is CSc1nc2c(cc1CN)CCCC2. The maximum absolute atomic E-state index is 5.71. The molecule has 76 valence electrons. The third-order valence-electron chi connectivity index (χ3n) is 2.75. The zero-order valence-electron chi connectivity index (χ0n) is 8.55. The molecule has 1 aliphatic rings. The summed E-state index contributed by atoms with van der Waals surface area (Å²) in [6.45, 7) is 0.608. The lowest BCUT2D eigenvalue weighted by Gasteiger charge is -2.17. The van der Waals surface area contributed by atoms with E-state index in [1.54, 1.807) is 11.8 Å². The molecule has 0 spiro atoms. The van der Waals surface area contributed by atoms with E-state index in [1.165, 1.54) is 36.1 Å². The van der Waals surface area contributed by atoms with Crippen LogP contribution in [0.1, 0.15) is 29.7 Å². The van der Waals surface area contributed by atoms with Gasteiger partial charge in [-0.3, -0.25) is 0 Å². The van der Waals surface area contributed by atoms with Gasteiger partial charge in [0.1, 0.15) is 5.03 Å². The van der Waals surface area contributed by atoms with Gasteiger partial charge in [0.25, 0.3) is 0 Å². The van der Waals surface area contributed by atoms with Crippen molar-refractivity contribution in [1.82, 2.24) is 4.98 Å². The van der Waals surface area contributed by atoms with Gasteiger partial charge in [-0.2, -0.15) is 0 Å². The van der Waals surface area contributed by atoms with Crippen LogP contribution in [0.15, 0.2) is 11.1 Å². The smallest absolute Gasteiger partial charge is 0.101 e. The van der Waals surface area contributed by atoms with Crippen molar-refractivity contribution in [2.45, 2.75) is 37.3 Å². The van der Waals surface area contributed by atoms with E-state index in [0.717, 1.165) is 11.4 Å². The summed E-state index contributed by atoms with van der Waals surface area (Å²) in [5, 5.41) is 1.12. The van der Waals surface area contributed by atoms with E-state index < -0.39 is 0 Å². The van der Waals surface area contributed by atoms with Gasteiger partial charge >= 0.3 is 0 Å². The van der Waals surface area contributed by atoms with Crippen LogP contribution in [0.5, 0.6) is 0 Å². The topological polar surface area (TPSA) is 38.9 Å². The number of pyridine rings is 1. The minimum Gasteiger partial charge on any atom is -0.326 e. The zero-order chi connectivity index (χ0) is 9.97. The predicted molar refractivity (Wildman–Crippen MR) is 60.6 cm³/mol. The van der Waals surface area contributed by atoms with Gasteiger partial charge in [0, 0.05) is 12.2 Å². The molecule has 2 rings (SSSR count). The monoisotopic (exact) mass is 208 g/mol. The fourth-order valence-corrected chi connectivity index (χ4v) is 2.59. The molecule has 0 unspecified atom stereocenters. The molecule has 0 aliphatic heterocycles. The molecule has 0 atom stereocenters. The van der Waals surface area contributed by atoms with E-state index in [0.29, 0.717) is 6.54 Å². The van der Waals surface area contributed by atoms with Crippen molar-refractivity contribution in [2.75, 3.05) is 6.26 Å². The van der Waals surface area contributed by atoms with Crippen LogP contribution in [0.25, 0.3) is 0 Å². The van der Waals surface area contributed by atoms with Crippen molar-refractivity contribution >= 4 is 11.8 Å². The number of nitrogens with zero attached hydrogens (tertiary/aromatic N) is 1. The number of hydrogen-bond donors (Lipinski definition) is 1. The van der Waals surface area contributed by atoms with Crippen molar-refractivity contribution in [1.29, 1.82) is 0 Å². The average molecular weight is 208 g/mol. The quantitative estimate of drug-likeness (QED) is 0.757. The number of aryl methyl sites for hydroxylation is 2. The van der Waals surface area contributed by atoms with Gasteiger partial charge in [-0.05, 0) is 43.1 Å². The van der Waals surface area contributed by atoms with E-state index in [1.807, 2.05) is 0 Å². The molecule has 0 amide bonds. The lowest BCUT2D eigenvalue weighted by atomic mass is 9.95. The van der Waals surface area contributed by atoms with Crippen LogP contribution < -0.4 is 5.73 Å². The molecular formula is C11H16N2S. The second-order valence-corrected chi connectivity index (χ2v) is 4.47. The van der Waals surface area contributed by atoms with E-state index in [9.17, 15) is 0 Å². The first-order valence-corrected chi connectivity index (χ1v) is 6.33. The third-order valence-corrected chi connectivity index (χ3v) is 3.49. The van der Waals surface area contributed by atoms with Crippen LogP contribution >= 0.6 is 11.8 Å². The molecule has 1 aromatic rings. The second kappa shape index (κ2) is 4.32. The van der Waals surface area contributed by atoms with Crippen LogP contribution in [-0.4, -0.2) is 11.2 Å². The maximum Gasteiger partial charge on any atom is 0.101 e. The van der Waals surface area contributed by atoms with E-state index >= 15 is 0 Å². The Labute approximate surface area is 89.3 Å². The Morgan fingerprint density at radius 2 is 2.21 bits per heavy atom. The fraction of sp³-hybridized carbons (Fsp3) is 0.545. The number of aromatic nitrogens is 1. The van der Waals surface area contributed by atoms with Crippen molar-refractivity contribution < 1.29 is 0 Å². The van der Waals surface area contributed by atoms with Gasteiger partial charge in [-0.25, -0.2) is 4.98 Å². The van der Waals surface area contributed by atoms with Gasteiger partial charge < -0.3 is 5.73 Å². The third kappa shape index (κ3) is 1.79. The lowest BCUT2D eigenvalue weighted by molar-refractivity contribution is 0.656. The Bertz CT molecular complexity index is 292. The molecule has 0 aromatic carbocycles. The first kappa shape index (κ1) is 9.99. The van der Waals surface area contributed by atoms with Crippen LogP contribution in [-0.2, 0) is 19.4 Å². The summed E-state index contributed by atoms with van der Waals surface area (Å²) < 4.78 is 0. The van der Waals surface area contributed by atoms with E-state index in [-0.39, 0.29) is 0 Å². The molecule has 0 bridgehead atoms. The first-order valence-electron chi connectivity index (χ1n) is 5.11. The summed E-state index contributed by atoms with van der Waals surface area (Å²) in [7, 11) is 0. The number of rotatable bonds is 2. The highest BCUT2D eigenvalue weighted by molar-refractivity contribution is 7.98. The summed E-state index contributed by atoms with van der Waals surface area (Å²) in [6, 6.07) is 2.26. The highest BCUT2D eigenvalue weighted by Gasteiger charge is 2.13. The Hall–Kier alpha value is -0.540. The molecule has 1 aromatic heterocycles. The van der Waals surface area contributed by atoms with E-state index in [2.05, 4.69) is 17.3 Å². The van der Waals surface area contributed by atoms with Crippen LogP contribution in [0.2, 0.25) is 0 Å². The standard InChI is InChI=1S/C11H16N2S/c1-14-11-9(7-12)6-8-4-2-3-5-10(8)13-11/h6H,2-5,7,12H2,1H3. The molecule has 2 N–H and O–H groups in total. The van der Waals surface area contributed by atoms with Gasteiger partial charge in [-0.1, -0.05) is 6.07 Å². The van der Waals surface area contributed by atoms with Gasteiger partial charge in [0.15, 0.2) is 0 Å². The average Bonchev–Trinajstić information content (AvgIpc) is 2.27. The van der Waals surface area contributed by atoms with Crippen molar-refractivity contribution in [3.8, 4) is 0 Å². The normalized spacial score (nSPS) is 15.3. The summed E-state index contributed by atoms with van der Waals surface area (Å²) in [5.74, 6) is 0. The highest BCUT2D eigenvalue weighted by atomic mass is 32.2. The predicted octanol–water partition coefficient (Wildman–Crippen LogP) is 2.14. The lowest BCUT2D eigenvalue weighted by Crippen LogP contribution is -2.09.